The van der Waals surface area contributed by atoms with Crippen LogP contribution in [0.3, 0.4) is 0 Å². The topological polar surface area (TPSA) is 92.9 Å². The summed E-state index contributed by atoms with van der Waals surface area (Å²) in [7, 11) is 0. The predicted molar refractivity (Wildman–Crippen MR) is 99.0 cm³/mol. The van der Waals surface area contributed by atoms with Crippen molar-refractivity contribution in [2.24, 2.45) is 0 Å². The smallest absolute Gasteiger partial charge is 0.226 e. The number of Topliss-reactive ketones (excluding diaryl/α,β-unsaturated/α-hetero) is 1. The molecule has 1 aliphatic heterocycles. The Labute approximate surface area is 155 Å². The van der Waals surface area contributed by atoms with Gasteiger partial charge in [0.25, 0.3) is 0 Å². The molecule has 2 N–H and O–H groups in total. The molecule has 27 heavy (non-hydrogen) atoms. The Balaban J connectivity index is 1.70. The lowest BCUT2D eigenvalue weighted by Crippen LogP contribution is -2.31. The number of ketones is 1. The Morgan fingerprint density at radius 3 is 2.81 bits per heavy atom. The molecule has 2 aliphatic rings. The van der Waals surface area contributed by atoms with Crippen molar-refractivity contribution in [3.8, 4) is 17.1 Å². The van der Waals surface area contributed by atoms with Crippen LogP contribution >= 0.6 is 0 Å². The first-order chi connectivity index (χ1) is 13.2. The van der Waals surface area contributed by atoms with E-state index in [0.29, 0.717) is 23.8 Å². The SMILES string of the molecule is O=C1CCCC2=C1C(c1cccc(O)c1)n1nc(-c3ccncc3)nc1N2. The zero-order valence-corrected chi connectivity index (χ0v) is 14.5. The number of carbonyl (C=O) groups excluding carboxylic acids is 1. The lowest BCUT2D eigenvalue weighted by atomic mass is 9.85. The van der Waals surface area contributed by atoms with Crippen molar-refractivity contribution in [2.45, 2.75) is 25.3 Å². The summed E-state index contributed by atoms with van der Waals surface area (Å²) in [5.74, 6) is 1.44. The molecular weight excluding hydrogens is 342 g/mol. The van der Waals surface area contributed by atoms with Crippen molar-refractivity contribution >= 4 is 11.7 Å². The van der Waals surface area contributed by atoms with Crippen LogP contribution in [0.5, 0.6) is 5.75 Å². The highest BCUT2D eigenvalue weighted by Gasteiger charge is 2.36. The van der Waals surface area contributed by atoms with Crippen molar-refractivity contribution in [1.29, 1.82) is 0 Å². The highest BCUT2D eigenvalue weighted by molar-refractivity contribution is 5.99. The van der Waals surface area contributed by atoms with Crippen molar-refractivity contribution < 1.29 is 9.90 Å². The quantitative estimate of drug-likeness (QED) is 0.730. The van der Waals surface area contributed by atoms with Crippen LogP contribution < -0.4 is 5.32 Å². The van der Waals surface area contributed by atoms with Crippen molar-refractivity contribution in [2.75, 3.05) is 5.32 Å². The molecule has 3 aromatic rings. The van der Waals surface area contributed by atoms with Gasteiger partial charge in [0.2, 0.25) is 5.95 Å². The third-order valence-electron chi connectivity index (χ3n) is 4.99. The molecule has 1 aromatic carbocycles. The van der Waals surface area contributed by atoms with Crippen LogP contribution in [0.4, 0.5) is 5.95 Å². The molecule has 1 aliphatic carbocycles. The number of anilines is 1. The molecule has 0 saturated heterocycles. The van der Waals surface area contributed by atoms with E-state index in [1.54, 1.807) is 35.3 Å². The van der Waals surface area contributed by atoms with Gasteiger partial charge in [-0.05, 0) is 42.7 Å². The molecule has 0 radical (unpaired) electrons. The minimum Gasteiger partial charge on any atom is -0.508 e. The van der Waals surface area contributed by atoms with E-state index in [1.165, 1.54) is 0 Å². The number of rotatable bonds is 2. The van der Waals surface area contributed by atoms with Gasteiger partial charge < -0.3 is 10.4 Å². The number of nitrogens with zero attached hydrogens (tertiary/aromatic N) is 4. The summed E-state index contributed by atoms with van der Waals surface area (Å²) in [6, 6.07) is 10.3. The second-order valence-corrected chi connectivity index (χ2v) is 6.73. The first-order valence-electron chi connectivity index (χ1n) is 8.90. The van der Waals surface area contributed by atoms with Gasteiger partial charge >= 0.3 is 0 Å². The number of aromatic nitrogens is 4. The number of benzene rings is 1. The van der Waals surface area contributed by atoms with Crippen LogP contribution in [-0.4, -0.2) is 30.6 Å². The molecule has 1 atom stereocenters. The minimum atomic E-state index is -0.403. The van der Waals surface area contributed by atoms with Gasteiger partial charge in [0.1, 0.15) is 11.8 Å². The maximum Gasteiger partial charge on any atom is 0.226 e. The standard InChI is InChI=1S/C20H17N5O2/c26-14-4-1-3-13(11-14)18-17-15(5-2-6-16(17)27)22-20-23-19(24-25(18)20)12-7-9-21-10-8-12/h1,3-4,7-11,18,26H,2,5-6H2,(H,22,23,24). The number of aromatic hydroxyl groups is 1. The largest absolute Gasteiger partial charge is 0.508 e. The van der Waals surface area contributed by atoms with Gasteiger partial charge in [-0.25, -0.2) is 4.68 Å². The molecule has 0 fully saturated rings. The molecule has 0 spiro atoms. The fourth-order valence-corrected chi connectivity index (χ4v) is 3.78. The number of pyridine rings is 1. The van der Waals surface area contributed by atoms with Gasteiger partial charge in [0.05, 0.1) is 0 Å². The number of fused-ring (bicyclic) bond motifs is 1. The van der Waals surface area contributed by atoms with E-state index in [-0.39, 0.29) is 11.5 Å². The average molecular weight is 359 g/mol. The third-order valence-corrected chi connectivity index (χ3v) is 4.99. The van der Waals surface area contributed by atoms with Gasteiger partial charge in [0.15, 0.2) is 11.6 Å². The monoisotopic (exact) mass is 359 g/mol. The molecular formula is C20H17N5O2. The fraction of sp³-hybridized carbons (Fsp3) is 0.200. The Morgan fingerprint density at radius 2 is 2.00 bits per heavy atom. The molecule has 134 valence electrons. The summed E-state index contributed by atoms with van der Waals surface area (Å²) >= 11 is 0. The van der Waals surface area contributed by atoms with E-state index in [1.807, 2.05) is 18.2 Å². The maximum atomic E-state index is 12.8. The van der Waals surface area contributed by atoms with E-state index in [4.69, 9.17) is 0 Å². The van der Waals surface area contributed by atoms with Crippen LogP contribution in [0.2, 0.25) is 0 Å². The van der Waals surface area contributed by atoms with Crippen LogP contribution in [0.15, 0.2) is 60.1 Å². The Kier molecular flexibility index (Phi) is 3.53. The molecule has 0 amide bonds. The first kappa shape index (κ1) is 15.7. The Bertz CT molecular complexity index is 1070. The zero-order chi connectivity index (χ0) is 18.4. The van der Waals surface area contributed by atoms with Crippen LogP contribution in [0.1, 0.15) is 30.9 Å². The zero-order valence-electron chi connectivity index (χ0n) is 14.5. The fourth-order valence-electron chi connectivity index (χ4n) is 3.78. The van der Waals surface area contributed by atoms with Gasteiger partial charge in [-0.2, -0.15) is 4.98 Å². The molecule has 2 aromatic heterocycles. The van der Waals surface area contributed by atoms with Crippen molar-refractivity contribution in [3.63, 3.8) is 0 Å². The second kappa shape index (κ2) is 6.05. The summed E-state index contributed by atoms with van der Waals surface area (Å²) < 4.78 is 1.74. The highest BCUT2D eigenvalue weighted by atomic mass is 16.3. The summed E-state index contributed by atoms with van der Waals surface area (Å²) in [5.41, 5.74) is 3.28. The number of phenols is 1. The van der Waals surface area contributed by atoms with Gasteiger partial charge in [0, 0.05) is 35.6 Å². The summed E-state index contributed by atoms with van der Waals surface area (Å²) in [5, 5.41) is 18.0. The summed E-state index contributed by atoms with van der Waals surface area (Å²) in [6.07, 6.45) is 5.54. The molecule has 7 nitrogen and oxygen atoms in total. The maximum absolute atomic E-state index is 12.8. The van der Waals surface area contributed by atoms with Crippen molar-refractivity contribution in [3.05, 3.63) is 65.6 Å². The highest BCUT2D eigenvalue weighted by Crippen LogP contribution is 2.41. The van der Waals surface area contributed by atoms with Crippen LogP contribution in [0.25, 0.3) is 11.4 Å². The number of carbonyl (C=O) groups is 1. The summed E-state index contributed by atoms with van der Waals surface area (Å²) in [4.78, 5) is 21.4. The van der Waals surface area contributed by atoms with E-state index >= 15 is 0 Å². The average Bonchev–Trinajstić information content (AvgIpc) is 3.11. The molecule has 7 heteroatoms. The number of allylic oxidation sites excluding steroid dienone is 2. The van der Waals surface area contributed by atoms with Gasteiger partial charge in [-0.1, -0.05) is 12.1 Å². The lowest BCUT2D eigenvalue weighted by Gasteiger charge is -2.32. The Hall–Kier alpha value is -3.48. The number of phenolic OH excluding ortho intramolecular Hbond substituents is 1. The number of hydrogen-bond donors (Lipinski definition) is 2. The molecule has 5 rings (SSSR count). The minimum absolute atomic E-state index is 0.115. The van der Waals surface area contributed by atoms with Crippen molar-refractivity contribution in [1.82, 2.24) is 19.7 Å². The van der Waals surface area contributed by atoms with Crippen LogP contribution in [0, 0.1) is 0 Å². The number of hydrogen-bond acceptors (Lipinski definition) is 6. The lowest BCUT2D eigenvalue weighted by molar-refractivity contribution is -0.116. The number of nitrogens with one attached hydrogen (secondary N) is 1. The summed E-state index contributed by atoms with van der Waals surface area (Å²) in [6.45, 7) is 0. The van der Waals surface area contributed by atoms with E-state index < -0.39 is 6.04 Å². The third kappa shape index (κ3) is 2.59. The van der Waals surface area contributed by atoms with E-state index in [0.717, 1.165) is 29.7 Å². The predicted octanol–water partition coefficient (Wildman–Crippen LogP) is 3.07. The second-order valence-electron chi connectivity index (χ2n) is 6.73. The van der Waals surface area contributed by atoms with Gasteiger partial charge in [-0.15, -0.1) is 5.10 Å². The molecule has 0 saturated carbocycles. The first-order valence-corrected chi connectivity index (χ1v) is 8.90. The molecule has 3 heterocycles. The Morgan fingerprint density at radius 1 is 1.15 bits per heavy atom. The molecule has 0 bridgehead atoms. The normalized spacial score (nSPS) is 18.7. The molecule has 1 unspecified atom stereocenters. The van der Waals surface area contributed by atoms with Gasteiger partial charge in [-0.3, -0.25) is 9.78 Å². The van der Waals surface area contributed by atoms with E-state index in [2.05, 4.69) is 20.4 Å². The van der Waals surface area contributed by atoms with E-state index in [9.17, 15) is 9.90 Å². The van der Waals surface area contributed by atoms with Crippen LogP contribution in [-0.2, 0) is 4.79 Å².